The van der Waals surface area contributed by atoms with Crippen molar-refractivity contribution < 1.29 is 14.6 Å². The van der Waals surface area contributed by atoms with Gasteiger partial charge in [-0.05, 0) is 35.8 Å². The number of carbonyl (C=O) groups is 1. The number of ether oxygens (including phenoxy) is 1. The number of aromatic hydroxyl groups is 1. The molecule has 0 atom stereocenters. The Morgan fingerprint density at radius 2 is 1.89 bits per heavy atom. The van der Waals surface area contributed by atoms with E-state index in [1.165, 1.54) is 19.2 Å². The molecule has 0 aromatic heterocycles. The Bertz CT molecular complexity index is 1060. The average molecular weight is 421 g/mol. The number of phenols is 1. The molecule has 0 fully saturated rings. The minimum atomic E-state index is -0.548. The maximum absolute atomic E-state index is 12.6. The van der Waals surface area contributed by atoms with Gasteiger partial charge in [-0.1, -0.05) is 53.5 Å². The van der Waals surface area contributed by atoms with Crippen molar-refractivity contribution in [2.24, 2.45) is 0 Å². The fraction of sp³-hybridized carbons (Fsp3) is 0.0526. The first-order valence-corrected chi connectivity index (χ1v) is 8.93. The first-order valence-electron chi connectivity index (χ1n) is 7.76. The molecule has 0 aliphatic heterocycles. The third kappa shape index (κ3) is 4.08. The lowest BCUT2D eigenvalue weighted by Gasteiger charge is -2.15. The fourth-order valence-electron chi connectivity index (χ4n) is 2.64. The van der Waals surface area contributed by atoms with Crippen LogP contribution in [0.4, 0.5) is 5.69 Å². The molecule has 0 radical (unpaired) electrons. The predicted molar refractivity (Wildman–Crippen MR) is 112 cm³/mol. The molecule has 8 heteroatoms. The van der Waals surface area contributed by atoms with Crippen molar-refractivity contribution in [3.05, 3.63) is 64.1 Å². The summed E-state index contributed by atoms with van der Waals surface area (Å²) in [7, 11) is 1.40. The number of fused-ring (bicyclic) bond motifs is 1. The molecule has 27 heavy (non-hydrogen) atoms. The molecule has 1 amide bonds. The van der Waals surface area contributed by atoms with Crippen LogP contribution in [-0.4, -0.2) is 23.2 Å². The van der Waals surface area contributed by atoms with Gasteiger partial charge in [-0.2, -0.15) is 0 Å². The molecule has 0 aliphatic rings. The molecule has 138 valence electrons. The molecule has 3 N–H and O–H groups in total. The van der Waals surface area contributed by atoms with E-state index in [1.54, 1.807) is 12.1 Å². The molecule has 0 heterocycles. The number of rotatable bonds is 3. The highest BCUT2D eigenvalue weighted by Gasteiger charge is 2.18. The zero-order valence-electron chi connectivity index (χ0n) is 14.0. The Kier molecular flexibility index (Phi) is 5.70. The number of phenolic OH excluding ortho intramolecular Hbond substituents is 1. The number of nitrogens with one attached hydrogen (secondary N) is 2. The van der Waals surface area contributed by atoms with E-state index in [-0.39, 0.29) is 32.2 Å². The maximum atomic E-state index is 12.6. The Balaban J connectivity index is 1.85. The van der Waals surface area contributed by atoms with Gasteiger partial charge in [0.25, 0.3) is 5.91 Å². The van der Waals surface area contributed by atoms with Gasteiger partial charge in [0.15, 0.2) is 5.11 Å². The molecule has 5 nitrogen and oxygen atoms in total. The van der Waals surface area contributed by atoms with Gasteiger partial charge in [0.1, 0.15) is 11.5 Å². The molecule has 0 saturated heterocycles. The highest BCUT2D eigenvalue weighted by Crippen LogP contribution is 2.33. The van der Waals surface area contributed by atoms with Crippen molar-refractivity contribution in [1.29, 1.82) is 0 Å². The number of hydrogen-bond acceptors (Lipinski definition) is 4. The molecule has 3 aromatic rings. The van der Waals surface area contributed by atoms with Crippen LogP contribution in [0, 0.1) is 0 Å². The van der Waals surface area contributed by atoms with Gasteiger partial charge in [-0.15, -0.1) is 0 Å². The zero-order chi connectivity index (χ0) is 19.6. The average Bonchev–Trinajstić information content (AvgIpc) is 2.63. The lowest BCUT2D eigenvalue weighted by Crippen LogP contribution is -2.34. The molecular formula is C19H14Cl2N2O3S. The van der Waals surface area contributed by atoms with Gasteiger partial charge < -0.3 is 15.2 Å². The van der Waals surface area contributed by atoms with Gasteiger partial charge in [-0.25, -0.2) is 0 Å². The second-order valence-corrected chi connectivity index (χ2v) is 6.81. The van der Waals surface area contributed by atoms with Crippen LogP contribution in [0.3, 0.4) is 0 Å². The number of halogens is 2. The number of amides is 1. The first-order chi connectivity index (χ1) is 12.9. The van der Waals surface area contributed by atoms with Crippen LogP contribution in [0.25, 0.3) is 10.8 Å². The van der Waals surface area contributed by atoms with Crippen molar-refractivity contribution in [3.8, 4) is 11.5 Å². The van der Waals surface area contributed by atoms with Crippen molar-refractivity contribution >= 4 is 62.9 Å². The highest BCUT2D eigenvalue weighted by atomic mass is 35.5. The van der Waals surface area contributed by atoms with Crippen LogP contribution in [-0.2, 0) is 0 Å². The molecule has 3 aromatic carbocycles. The van der Waals surface area contributed by atoms with E-state index >= 15 is 0 Å². The summed E-state index contributed by atoms with van der Waals surface area (Å²) in [6, 6.07) is 13.7. The fourth-order valence-corrected chi connectivity index (χ4v) is 3.41. The Hall–Kier alpha value is -2.54. The zero-order valence-corrected chi connectivity index (χ0v) is 16.4. The summed E-state index contributed by atoms with van der Waals surface area (Å²) in [5.41, 5.74) is 0.538. The largest absolute Gasteiger partial charge is 0.506 e. The number of thiocarbonyl (C=S) groups is 1. The smallest absolute Gasteiger partial charge is 0.261 e. The van der Waals surface area contributed by atoms with Gasteiger partial charge in [0.05, 0.1) is 23.4 Å². The standard InChI is InChI=1S/C19H14Cl2N2O3S/c1-26-17-13(8-11(20)9-14(17)21)18(25)23-19(27)22-16-12-5-3-2-4-10(12)6-7-15(16)24/h2-9,24H,1H3,(H2,22,23,25,27). The monoisotopic (exact) mass is 420 g/mol. The van der Waals surface area contributed by atoms with E-state index in [9.17, 15) is 9.90 Å². The van der Waals surface area contributed by atoms with E-state index in [2.05, 4.69) is 10.6 Å². The normalized spacial score (nSPS) is 10.5. The van der Waals surface area contributed by atoms with E-state index in [0.29, 0.717) is 5.69 Å². The Labute approximate surface area is 170 Å². The highest BCUT2D eigenvalue weighted by molar-refractivity contribution is 7.80. The van der Waals surface area contributed by atoms with Gasteiger partial charge in [0.2, 0.25) is 0 Å². The molecule has 0 bridgehead atoms. The predicted octanol–water partition coefficient (Wildman–Crippen LogP) is 4.99. The molecule has 0 spiro atoms. The SMILES string of the molecule is COc1c(Cl)cc(Cl)cc1C(=O)NC(=S)Nc1c(O)ccc2ccccc12. The number of methoxy groups -OCH3 is 1. The summed E-state index contributed by atoms with van der Waals surface area (Å²) >= 11 is 17.3. The van der Waals surface area contributed by atoms with Crippen LogP contribution in [0.15, 0.2) is 48.5 Å². The third-order valence-corrected chi connectivity index (χ3v) is 4.53. The summed E-state index contributed by atoms with van der Waals surface area (Å²) in [4.78, 5) is 12.6. The summed E-state index contributed by atoms with van der Waals surface area (Å²) in [5, 5.41) is 17.8. The van der Waals surface area contributed by atoms with E-state index < -0.39 is 5.91 Å². The number of benzene rings is 3. The Morgan fingerprint density at radius 1 is 1.15 bits per heavy atom. The summed E-state index contributed by atoms with van der Waals surface area (Å²) in [6.45, 7) is 0. The quantitative estimate of drug-likeness (QED) is 0.411. The lowest BCUT2D eigenvalue weighted by molar-refractivity contribution is 0.0974. The molecule has 3 rings (SSSR count). The van der Waals surface area contributed by atoms with Crippen molar-refractivity contribution in [2.75, 3.05) is 12.4 Å². The van der Waals surface area contributed by atoms with Crippen molar-refractivity contribution in [3.63, 3.8) is 0 Å². The van der Waals surface area contributed by atoms with Crippen LogP contribution in [0.1, 0.15) is 10.4 Å². The molecular weight excluding hydrogens is 407 g/mol. The summed E-state index contributed by atoms with van der Waals surface area (Å²) in [5.74, 6) is -0.350. The van der Waals surface area contributed by atoms with Crippen LogP contribution >= 0.6 is 35.4 Å². The maximum Gasteiger partial charge on any atom is 0.261 e. The van der Waals surface area contributed by atoms with Crippen LogP contribution in [0.5, 0.6) is 11.5 Å². The minimum Gasteiger partial charge on any atom is -0.506 e. The summed E-state index contributed by atoms with van der Waals surface area (Å²) in [6.07, 6.45) is 0. The van der Waals surface area contributed by atoms with Crippen LogP contribution < -0.4 is 15.4 Å². The van der Waals surface area contributed by atoms with Gasteiger partial charge in [0, 0.05) is 10.4 Å². The number of carbonyl (C=O) groups excluding carboxylic acids is 1. The van der Waals surface area contributed by atoms with Crippen LogP contribution in [0.2, 0.25) is 10.0 Å². The van der Waals surface area contributed by atoms with Crippen molar-refractivity contribution in [1.82, 2.24) is 5.32 Å². The van der Waals surface area contributed by atoms with Gasteiger partial charge in [-0.3, -0.25) is 10.1 Å². The lowest BCUT2D eigenvalue weighted by atomic mass is 10.1. The minimum absolute atomic E-state index is 0.00445. The number of hydrogen-bond donors (Lipinski definition) is 3. The van der Waals surface area contributed by atoms with E-state index in [4.69, 9.17) is 40.2 Å². The van der Waals surface area contributed by atoms with E-state index in [1.807, 2.05) is 24.3 Å². The Morgan fingerprint density at radius 3 is 2.63 bits per heavy atom. The molecule has 0 saturated carbocycles. The second-order valence-electron chi connectivity index (χ2n) is 5.56. The first kappa shape index (κ1) is 19.2. The second kappa shape index (κ2) is 8.00. The van der Waals surface area contributed by atoms with E-state index in [0.717, 1.165) is 10.8 Å². The third-order valence-electron chi connectivity index (χ3n) is 3.83. The topological polar surface area (TPSA) is 70.6 Å². The van der Waals surface area contributed by atoms with Crippen molar-refractivity contribution in [2.45, 2.75) is 0 Å². The molecule has 0 aliphatic carbocycles. The van der Waals surface area contributed by atoms with Gasteiger partial charge >= 0.3 is 0 Å². The molecule has 0 unspecified atom stereocenters. The number of anilines is 1. The summed E-state index contributed by atoms with van der Waals surface area (Å²) < 4.78 is 5.17.